The molecule has 3 rings (SSSR count). The van der Waals surface area contributed by atoms with Crippen LogP contribution in [-0.2, 0) is 11.2 Å². The zero-order chi connectivity index (χ0) is 20.1. The number of piperidine rings is 1. The summed E-state index contributed by atoms with van der Waals surface area (Å²) in [5.74, 6) is 0.367. The van der Waals surface area contributed by atoms with Crippen LogP contribution >= 0.6 is 22.9 Å². The van der Waals surface area contributed by atoms with Crippen LogP contribution in [0.4, 0.5) is 10.5 Å². The largest absolute Gasteiger partial charge is 0.356 e. The minimum Gasteiger partial charge on any atom is -0.356 e. The normalized spacial score (nSPS) is 14.8. The summed E-state index contributed by atoms with van der Waals surface area (Å²) in [5, 5.41) is 9.56. The minimum absolute atomic E-state index is 0.0194. The second kappa shape index (κ2) is 9.39. The number of rotatable bonds is 5. The van der Waals surface area contributed by atoms with Crippen LogP contribution in [0.2, 0.25) is 5.02 Å². The molecule has 1 fully saturated rings. The number of carbonyl (C=O) groups is 2. The van der Waals surface area contributed by atoms with Gasteiger partial charge in [-0.2, -0.15) is 0 Å². The second-order valence-electron chi connectivity index (χ2n) is 7.07. The molecule has 150 valence electrons. The Morgan fingerprint density at radius 3 is 2.75 bits per heavy atom. The highest BCUT2D eigenvalue weighted by Gasteiger charge is 2.25. The number of likely N-dealkylation sites (tertiary alicyclic amines) is 1. The summed E-state index contributed by atoms with van der Waals surface area (Å²) in [6.07, 6.45) is 2.55. The molecular weight excluding hydrogens is 396 g/mol. The molecule has 2 N–H and O–H groups in total. The molecule has 1 aliphatic heterocycles. The smallest absolute Gasteiger partial charge is 0.321 e. The summed E-state index contributed by atoms with van der Waals surface area (Å²) in [4.78, 5) is 30.0. The molecule has 0 aliphatic carbocycles. The standard InChI is InChI=1S/C20H25ClN4O2S/c1-13-3-4-16(11-18(13)21)24-20(27)25-9-6-15(7-10-25)19-23-17(12-28-19)5-8-22-14(2)26/h3-4,11-12,15H,5-10H2,1-2H3,(H,22,26)(H,24,27). The molecule has 28 heavy (non-hydrogen) atoms. The van der Waals surface area contributed by atoms with Gasteiger partial charge in [-0.25, -0.2) is 9.78 Å². The Labute approximate surface area is 174 Å². The van der Waals surface area contributed by atoms with Crippen molar-refractivity contribution in [3.8, 4) is 0 Å². The summed E-state index contributed by atoms with van der Waals surface area (Å²) >= 11 is 7.80. The van der Waals surface area contributed by atoms with Gasteiger partial charge in [0.05, 0.1) is 10.7 Å². The maximum atomic E-state index is 12.5. The first-order chi connectivity index (χ1) is 13.4. The van der Waals surface area contributed by atoms with E-state index < -0.39 is 0 Å². The fraction of sp³-hybridized carbons (Fsp3) is 0.450. The van der Waals surface area contributed by atoms with Gasteiger partial charge in [-0.05, 0) is 37.5 Å². The lowest BCUT2D eigenvalue weighted by Crippen LogP contribution is -2.40. The first-order valence-electron chi connectivity index (χ1n) is 9.43. The highest BCUT2D eigenvalue weighted by atomic mass is 35.5. The van der Waals surface area contributed by atoms with Crippen molar-refractivity contribution in [1.29, 1.82) is 0 Å². The van der Waals surface area contributed by atoms with Gasteiger partial charge in [0, 0.05) is 55.0 Å². The molecule has 1 aromatic heterocycles. The summed E-state index contributed by atoms with van der Waals surface area (Å²) in [6.45, 7) is 5.47. The molecule has 0 saturated carbocycles. The number of urea groups is 1. The van der Waals surface area contributed by atoms with Crippen molar-refractivity contribution in [3.63, 3.8) is 0 Å². The molecule has 3 amide bonds. The monoisotopic (exact) mass is 420 g/mol. The molecule has 0 spiro atoms. The Bertz CT molecular complexity index is 846. The minimum atomic E-state index is -0.0893. The lowest BCUT2D eigenvalue weighted by Gasteiger charge is -2.31. The number of aryl methyl sites for hydroxylation is 1. The third kappa shape index (κ3) is 5.45. The highest BCUT2D eigenvalue weighted by molar-refractivity contribution is 7.09. The summed E-state index contributed by atoms with van der Waals surface area (Å²) in [6, 6.07) is 5.45. The van der Waals surface area contributed by atoms with Gasteiger partial charge in [0.1, 0.15) is 0 Å². The first kappa shape index (κ1) is 20.6. The van der Waals surface area contributed by atoms with Gasteiger partial charge in [-0.15, -0.1) is 11.3 Å². The molecule has 8 heteroatoms. The molecule has 0 atom stereocenters. The Kier molecular flexibility index (Phi) is 6.91. The van der Waals surface area contributed by atoms with E-state index >= 15 is 0 Å². The predicted octanol–water partition coefficient (Wildman–Crippen LogP) is 4.20. The van der Waals surface area contributed by atoms with Crippen LogP contribution in [0.25, 0.3) is 0 Å². The summed E-state index contributed by atoms with van der Waals surface area (Å²) in [7, 11) is 0. The van der Waals surface area contributed by atoms with Crippen LogP contribution in [-0.4, -0.2) is 41.5 Å². The summed E-state index contributed by atoms with van der Waals surface area (Å²) < 4.78 is 0. The van der Waals surface area contributed by atoms with E-state index in [0.29, 0.717) is 36.3 Å². The van der Waals surface area contributed by atoms with Crippen LogP contribution in [0.1, 0.15) is 41.9 Å². The van der Waals surface area contributed by atoms with Crippen molar-refractivity contribution in [2.75, 3.05) is 25.0 Å². The average Bonchev–Trinajstić information content (AvgIpc) is 3.13. The predicted molar refractivity (Wildman–Crippen MR) is 113 cm³/mol. The number of amides is 3. The maximum absolute atomic E-state index is 12.5. The fourth-order valence-electron chi connectivity index (χ4n) is 3.19. The van der Waals surface area contributed by atoms with Crippen molar-refractivity contribution in [1.82, 2.24) is 15.2 Å². The van der Waals surface area contributed by atoms with E-state index in [1.807, 2.05) is 24.0 Å². The van der Waals surface area contributed by atoms with E-state index in [9.17, 15) is 9.59 Å². The number of benzene rings is 1. The van der Waals surface area contributed by atoms with E-state index in [4.69, 9.17) is 16.6 Å². The van der Waals surface area contributed by atoms with Crippen LogP contribution in [0.3, 0.4) is 0 Å². The molecule has 2 heterocycles. The van der Waals surface area contributed by atoms with E-state index in [1.165, 1.54) is 6.92 Å². The molecule has 0 bridgehead atoms. The van der Waals surface area contributed by atoms with E-state index in [1.54, 1.807) is 17.4 Å². The number of anilines is 1. The number of thiazole rings is 1. The van der Waals surface area contributed by atoms with Gasteiger partial charge >= 0.3 is 6.03 Å². The molecule has 1 aliphatic rings. The number of nitrogens with one attached hydrogen (secondary N) is 2. The van der Waals surface area contributed by atoms with Crippen molar-refractivity contribution in [3.05, 3.63) is 44.9 Å². The number of hydrogen-bond acceptors (Lipinski definition) is 4. The SMILES string of the molecule is CC(=O)NCCc1csc(C2CCN(C(=O)Nc3ccc(C)c(Cl)c3)CC2)n1. The van der Waals surface area contributed by atoms with E-state index in [0.717, 1.165) is 35.5 Å². The van der Waals surface area contributed by atoms with Gasteiger partial charge in [0.25, 0.3) is 0 Å². The molecule has 1 aromatic carbocycles. The average molecular weight is 421 g/mol. The Morgan fingerprint density at radius 1 is 1.32 bits per heavy atom. The third-order valence-electron chi connectivity index (χ3n) is 4.88. The number of carbonyl (C=O) groups excluding carboxylic acids is 2. The zero-order valence-corrected chi connectivity index (χ0v) is 17.7. The van der Waals surface area contributed by atoms with Crippen LogP contribution in [0.15, 0.2) is 23.6 Å². The second-order valence-corrected chi connectivity index (χ2v) is 8.36. The van der Waals surface area contributed by atoms with Crippen LogP contribution in [0.5, 0.6) is 0 Å². The topological polar surface area (TPSA) is 74.3 Å². The molecule has 2 aromatic rings. The third-order valence-corrected chi connectivity index (χ3v) is 6.34. The van der Waals surface area contributed by atoms with Crippen molar-refractivity contribution < 1.29 is 9.59 Å². The Hall–Kier alpha value is -2.12. The number of halogens is 1. The van der Waals surface area contributed by atoms with Crippen molar-refractivity contribution in [2.24, 2.45) is 0 Å². The van der Waals surface area contributed by atoms with Crippen molar-refractivity contribution >= 4 is 40.6 Å². The Balaban J connectivity index is 1.48. The van der Waals surface area contributed by atoms with Crippen molar-refractivity contribution in [2.45, 2.75) is 39.0 Å². The summed E-state index contributed by atoms with van der Waals surface area (Å²) in [5.41, 5.74) is 2.72. The van der Waals surface area contributed by atoms with Gasteiger partial charge in [0.2, 0.25) is 5.91 Å². The fourth-order valence-corrected chi connectivity index (χ4v) is 4.40. The zero-order valence-electron chi connectivity index (χ0n) is 16.1. The van der Waals surface area contributed by atoms with Gasteiger partial charge in [-0.1, -0.05) is 17.7 Å². The lowest BCUT2D eigenvalue weighted by molar-refractivity contribution is -0.118. The number of nitrogens with zero attached hydrogens (tertiary/aromatic N) is 2. The molecule has 0 radical (unpaired) electrons. The molecule has 6 nitrogen and oxygen atoms in total. The van der Waals surface area contributed by atoms with Gasteiger partial charge in [-0.3, -0.25) is 4.79 Å². The number of hydrogen-bond donors (Lipinski definition) is 2. The van der Waals surface area contributed by atoms with E-state index in [-0.39, 0.29) is 11.9 Å². The molecular formula is C20H25ClN4O2S. The first-order valence-corrected chi connectivity index (χ1v) is 10.7. The van der Waals surface area contributed by atoms with Crippen LogP contribution in [0, 0.1) is 6.92 Å². The Morgan fingerprint density at radius 2 is 2.07 bits per heavy atom. The lowest BCUT2D eigenvalue weighted by atomic mass is 9.98. The number of aromatic nitrogens is 1. The van der Waals surface area contributed by atoms with Gasteiger partial charge < -0.3 is 15.5 Å². The van der Waals surface area contributed by atoms with E-state index in [2.05, 4.69) is 16.0 Å². The quantitative estimate of drug-likeness (QED) is 0.761. The highest BCUT2D eigenvalue weighted by Crippen LogP contribution is 2.30. The van der Waals surface area contributed by atoms with Gasteiger partial charge in [0.15, 0.2) is 0 Å². The molecule has 0 unspecified atom stereocenters. The maximum Gasteiger partial charge on any atom is 0.321 e. The van der Waals surface area contributed by atoms with Crippen LogP contribution < -0.4 is 10.6 Å². The molecule has 1 saturated heterocycles.